The van der Waals surface area contributed by atoms with Crippen molar-refractivity contribution in [2.24, 2.45) is 0 Å². The Morgan fingerprint density at radius 2 is 2.26 bits per heavy atom. The zero-order chi connectivity index (χ0) is 14.5. The van der Waals surface area contributed by atoms with Gasteiger partial charge in [-0.05, 0) is 25.6 Å². The molecule has 1 rings (SSSR count). The van der Waals surface area contributed by atoms with E-state index in [0.717, 1.165) is 6.54 Å². The van der Waals surface area contributed by atoms with Crippen LogP contribution in [0.25, 0.3) is 0 Å². The number of aliphatic hydroxyl groups is 1. The molecule has 1 unspecified atom stereocenters. The van der Waals surface area contributed by atoms with Gasteiger partial charge in [0.2, 0.25) is 0 Å². The SMILES string of the molecule is CCNCC(C)(O)COc1ccc(Cl)cc1[N+](=O)[O-]. The topological polar surface area (TPSA) is 84.6 Å². The van der Waals surface area contributed by atoms with Crippen molar-refractivity contribution in [3.05, 3.63) is 33.3 Å². The van der Waals surface area contributed by atoms with Crippen LogP contribution in [0, 0.1) is 10.1 Å². The second kappa shape index (κ2) is 6.70. The van der Waals surface area contributed by atoms with Gasteiger partial charge in [-0.15, -0.1) is 0 Å². The minimum absolute atomic E-state index is 0.0531. The Labute approximate surface area is 116 Å². The van der Waals surface area contributed by atoms with Gasteiger partial charge in [0.05, 0.1) is 4.92 Å². The first kappa shape index (κ1) is 15.7. The summed E-state index contributed by atoms with van der Waals surface area (Å²) in [5.41, 5.74) is -1.32. The molecule has 0 saturated carbocycles. The van der Waals surface area contributed by atoms with Crippen molar-refractivity contribution in [2.75, 3.05) is 19.7 Å². The molecular weight excluding hydrogens is 272 g/mol. The molecule has 0 aliphatic rings. The van der Waals surface area contributed by atoms with E-state index in [1.54, 1.807) is 6.92 Å². The molecule has 0 heterocycles. The second-order valence-electron chi connectivity index (χ2n) is 4.44. The highest BCUT2D eigenvalue weighted by Gasteiger charge is 2.23. The maximum Gasteiger partial charge on any atom is 0.312 e. The standard InChI is InChI=1S/C12H17ClN2O4/c1-3-14-7-12(2,16)8-19-11-5-4-9(13)6-10(11)15(17)18/h4-6,14,16H,3,7-8H2,1-2H3. The number of nitro groups is 1. The second-order valence-corrected chi connectivity index (χ2v) is 4.87. The third-order valence-corrected chi connectivity index (χ3v) is 2.65. The third-order valence-electron chi connectivity index (χ3n) is 2.41. The maximum atomic E-state index is 10.9. The van der Waals surface area contributed by atoms with Crippen LogP contribution in [-0.4, -0.2) is 35.3 Å². The first-order valence-electron chi connectivity index (χ1n) is 5.85. The van der Waals surface area contributed by atoms with Crippen molar-refractivity contribution >= 4 is 17.3 Å². The summed E-state index contributed by atoms with van der Waals surface area (Å²) in [6.45, 7) is 4.52. The Kier molecular flexibility index (Phi) is 5.53. The summed E-state index contributed by atoms with van der Waals surface area (Å²) >= 11 is 5.70. The zero-order valence-corrected chi connectivity index (χ0v) is 11.6. The normalized spacial score (nSPS) is 13.9. The van der Waals surface area contributed by atoms with E-state index < -0.39 is 10.5 Å². The highest BCUT2D eigenvalue weighted by atomic mass is 35.5. The molecule has 0 spiro atoms. The molecule has 6 nitrogen and oxygen atoms in total. The molecule has 0 amide bonds. The number of likely N-dealkylation sites (N-methyl/N-ethyl adjacent to an activating group) is 1. The lowest BCUT2D eigenvalue weighted by molar-refractivity contribution is -0.386. The van der Waals surface area contributed by atoms with Gasteiger partial charge in [-0.2, -0.15) is 0 Å². The molecule has 19 heavy (non-hydrogen) atoms. The average molecular weight is 289 g/mol. The molecule has 0 aromatic heterocycles. The van der Waals surface area contributed by atoms with E-state index in [4.69, 9.17) is 16.3 Å². The van der Waals surface area contributed by atoms with Gasteiger partial charge in [-0.3, -0.25) is 10.1 Å². The Hall–Kier alpha value is -1.37. The van der Waals surface area contributed by atoms with Gasteiger partial charge >= 0.3 is 5.69 Å². The summed E-state index contributed by atoms with van der Waals surface area (Å²) in [5, 5.41) is 24.1. The fraction of sp³-hybridized carbons (Fsp3) is 0.500. The molecular formula is C12H17ClN2O4. The van der Waals surface area contributed by atoms with Crippen molar-refractivity contribution in [3.63, 3.8) is 0 Å². The van der Waals surface area contributed by atoms with Gasteiger partial charge in [-0.25, -0.2) is 0 Å². The van der Waals surface area contributed by atoms with Gasteiger partial charge in [0.15, 0.2) is 5.75 Å². The highest BCUT2D eigenvalue weighted by Crippen LogP contribution is 2.30. The Balaban J connectivity index is 2.75. The fourth-order valence-electron chi connectivity index (χ4n) is 1.43. The van der Waals surface area contributed by atoms with Crippen LogP contribution >= 0.6 is 11.6 Å². The van der Waals surface area contributed by atoms with Gasteiger partial charge < -0.3 is 15.2 Å². The zero-order valence-electron chi connectivity index (χ0n) is 10.9. The highest BCUT2D eigenvalue weighted by molar-refractivity contribution is 6.30. The van der Waals surface area contributed by atoms with Gasteiger partial charge in [-0.1, -0.05) is 18.5 Å². The van der Waals surface area contributed by atoms with Crippen LogP contribution in [0.1, 0.15) is 13.8 Å². The molecule has 0 aliphatic carbocycles. The number of halogens is 1. The van der Waals surface area contributed by atoms with E-state index in [2.05, 4.69) is 5.32 Å². The first-order chi connectivity index (χ1) is 8.85. The van der Waals surface area contributed by atoms with Crippen molar-refractivity contribution in [2.45, 2.75) is 19.4 Å². The van der Waals surface area contributed by atoms with Gasteiger partial charge in [0.25, 0.3) is 0 Å². The van der Waals surface area contributed by atoms with E-state index in [0.29, 0.717) is 6.54 Å². The predicted molar refractivity (Wildman–Crippen MR) is 72.8 cm³/mol. The average Bonchev–Trinajstić information content (AvgIpc) is 2.35. The first-order valence-corrected chi connectivity index (χ1v) is 6.23. The van der Waals surface area contributed by atoms with Crippen LogP contribution in [0.5, 0.6) is 5.75 Å². The van der Waals surface area contributed by atoms with E-state index in [1.165, 1.54) is 18.2 Å². The summed E-state index contributed by atoms with van der Waals surface area (Å²) in [7, 11) is 0. The van der Waals surface area contributed by atoms with E-state index >= 15 is 0 Å². The van der Waals surface area contributed by atoms with Crippen molar-refractivity contribution in [1.82, 2.24) is 5.32 Å². The molecule has 0 radical (unpaired) electrons. The van der Waals surface area contributed by atoms with Crippen LogP contribution in [0.3, 0.4) is 0 Å². The minimum Gasteiger partial charge on any atom is -0.484 e. The van der Waals surface area contributed by atoms with Crippen LogP contribution in [0.2, 0.25) is 5.02 Å². The lowest BCUT2D eigenvalue weighted by Gasteiger charge is -2.23. The number of ether oxygens (including phenoxy) is 1. The number of nitrogens with one attached hydrogen (secondary N) is 1. The number of nitrogens with zero attached hydrogens (tertiary/aromatic N) is 1. The number of rotatable bonds is 7. The fourth-order valence-corrected chi connectivity index (χ4v) is 1.60. The molecule has 1 atom stereocenters. The molecule has 2 N–H and O–H groups in total. The Bertz CT molecular complexity index is 451. The van der Waals surface area contributed by atoms with E-state index in [-0.39, 0.29) is 23.1 Å². The molecule has 106 valence electrons. The number of hydrogen-bond acceptors (Lipinski definition) is 5. The summed E-state index contributed by atoms with van der Waals surface area (Å²) < 4.78 is 5.32. The summed E-state index contributed by atoms with van der Waals surface area (Å²) in [4.78, 5) is 10.3. The molecule has 0 fully saturated rings. The molecule has 0 aliphatic heterocycles. The quantitative estimate of drug-likeness (QED) is 0.592. The van der Waals surface area contributed by atoms with Gasteiger partial charge in [0, 0.05) is 17.6 Å². The Morgan fingerprint density at radius 3 is 2.84 bits per heavy atom. The van der Waals surface area contributed by atoms with E-state index in [1.807, 2.05) is 6.92 Å². The van der Waals surface area contributed by atoms with Crippen LogP contribution in [-0.2, 0) is 0 Å². The van der Waals surface area contributed by atoms with Crippen LogP contribution in [0.15, 0.2) is 18.2 Å². The summed E-state index contributed by atoms with van der Waals surface area (Å²) in [6.07, 6.45) is 0. The molecule has 0 bridgehead atoms. The molecule has 7 heteroatoms. The minimum atomic E-state index is -1.11. The lowest BCUT2D eigenvalue weighted by atomic mass is 10.1. The van der Waals surface area contributed by atoms with Crippen molar-refractivity contribution in [3.8, 4) is 5.75 Å². The maximum absolute atomic E-state index is 10.9. The molecule has 1 aromatic carbocycles. The number of benzene rings is 1. The number of hydrogen-bond donors (Lipinski definition) is 2. The van der Waals surface area contributed by atoms with Crippen LogP contribution < -0.4 is 10.1 Å². The third kappa shape index (κ3) is 5.02. The van der Waals surface area contributed by atoms with Crippen LogP contribution in [0.4, 0.5) is 5.69 Å². The summed E-state index contributed by atoms with van der Waals surface area (Å²) in [5.74, 6) is 0.0890. The lowest BCUT2D eigenvalue weighted by Crippen LogP contribution is -2.42. The van der Waals surface area contributed by atoms with Crippen molar-refractivity contribution < 1.29 is 14.8 Å². The smallest absolute Gasteiger partial charge is 0.312 e. The number of nitro benzene ring substituents is 1. The Morgan fingerprint density at radius 1 is 1.58 bits per heavy atom. The molecule has 1 aromatic rings. The van der Waals surface area contributed by atoms with Crippen molar-refractivity contribution in [1.29, 1.82) is 0 Å². The summed E-state index contributed by atoms with van der Waals surface area (Å²) in [6, 6.07) is 4.14. The van der Waals surface area contributed by atoms with Gasteiger partial charge in [0.1, 0.15) is 12.2 Å². The monoisotopic (exact) mass is 288 g/mol. The van der Waals surface area contributed by atoms with E-state index in [9.17, 15) is 15.2 Å². The molecule has 0 saturated heterocycles. The predicted octanol–water partition coefficient (Wildman–Crippen LogP) is 1.99. The largest absolute Gasteiger partial charge is 0.484 e.